The number of carbonyl (C=O) groups excluding carboxylic acids is 1. The van der Waals surface area contributed by atoms with Crippen molar-refractivity contribution in [3.05, 3.63) is 57.4 Å². The molecule has 4 aromatic heterocycles. The number of H-pyrrole nitrogens is 1. The zero-order chi connectivity index (χ0) is 24.7. The molecule has 4 aromatic rings. The fourth-order valence-electron chi connectivity index (χ4n) is 4.43. The average Bonchev–Trinajstić information content (AvgIpc) is 2.88. The second-order valence-corrected chi connectivity index (χ2v) is 8.35. The average molecular weight is 472 g/mol. The number of hydrogen-bond donors (Lipinski definition) is 2. The lowest BCUT2D eigenvalue weighted by Crippen LogP contribution is -2.45. The fourth-order valence-corrected chi connectivity index (χ4v) is 4.43. The molecule has 0 bridgehead atoms. The summed E-state index contributed by atoms with van der Waals surface area (Å²) < 4.78 is 1.52. The number of nitriles is 1. The topological polar surface area (TPSA) is 171 Å². The second kappa shape index (κ2) is 8.69. The molecule has 0 unspecified atom stereocenters. The molecular weight excluding hydrogens is 452 g/mol. The van der Waals surface area contributed by atoms with Gasteiger partial charge in [0.2, 0.25) is 5.82 Å². The van der Waals surface area contributed by atoms with Crippen molar-refractivity contribution in [3.8, 4) is 17.3 Å². The van der Waals surface area contributed by atoms with Gasteiger partial charge in [-0.3, -0.25) is 24.1 Å². The van der Waals surface area contributed by atoms with Crippen LogP contribution in [0.4, 0.5) is 0 Å². The van der Waals surface area contributed by atoms with Gasteiger partial charge in [0.1, 0.15) is 17.7 Å². The van der Waals surface area contributed by atoms with Crippen molar-refractivity contribution in [2.24, 2.45) is 0 Å². The van der Waals surface area contributed by atoms with Gasteiger partial charge < -0.3 is 10.0 Å². The molecule has 5 heterocycles. The molecule has 0 saturated carbocycles. The number of amides is 1. The number of aromatic amines is 1. The maximum absolute atomic E-state index is 13.0. The summed E-state index contributed by atoms with van der Waals surface area (Å²) in [6.07, 6.45) is 4.22. The number of aromatic nitrogens is 6. The molecular formula is C23H20N8O4. The summed E-state index contributed by atoms with van der Waals surface area (Å²) in [4.78, 5) is 58.8. The first-order valence-corrected chi connectivity index (χ1v) is 11.0. The van der Waals surface area contributed by atoms with Crippen LogP contribution in [-0.2, 0) is 4.79 Å². The first-order valence-electron chi connectivity index (χ1n) is 11.0. The van der Waals surface area contributed by atoms with Gasteiger partial charge >= 0.3 is 5.69 Å². The van der Waals surface area contributed by atoms with Gasteiger partial charge in [-0.15, -0.1) is 0 Å². The molecule has 0 spiro atoms. The number of nitrogens with one attached hydrogen (secondary N) is 1. The third-order valence-corrected chi connectivity index (χ3v) is 6.16. The SMILES string of the molecule is C[C@@H](O)C(=O)N1CCC(n2c(=O)[nH]c(=O)c3cnc4ccc(-c5cnc(C#N)nc5)nc4c32)CC1. The van der Waals surface area contributed by atoms with E-state index in [-0.39, 0.29) is 23.2 Å². The number of rotatable bonds is 3. The van der Waals surface area contributed by atoms with Crippen LogP contribution in [0, 0.1) is 11.3 Å². The summed E-state index contributed by atoms with van der Waals surface area (Å²) in [5.41, 5.74) is 1.15. The summed E-state index contributed by atoms with van der Waals surface area (Å²) in [6, 6.07) is 5.02. The number of pyridine rings is 2. The molecule has 176 valence electrons. The summed E-state index contributed by atoms with van der Waals surface area (Å²) in [5, 5.41) is 18.8. The number of fused-ring (bicyclic) bond motifs is 3. The number of carbonyl (C=O) groups is 1. The first-order chi connectivity index (χ1) is 16.9. The van der Waals surface area contributed by atoms with Crippen LogP contribution >= 0.6 is 0 Å². The number of nitrogens with zero attached hydrogens (tertiary/aromatic N) is 7. The van der Waals surface area contributed by atoms with Gasteiger partial charge in [-0.1, -0.05) is 0 Å². The third kappa shape index (κ3) is 3.91. The molecule has 35 heavy (non-hydrogen) atoms. The van der Waals surface area contributed by atoms with E-state index in [4.69, 9.17) is 10.2 Å². The zero-order valence-corrected chi connectivity index (χ0v) is 18.7. The van der Waals surface area contributed by atoms with Crippen LogP contribution in [0.5, 0.6) is 0 Å². The van der Waals surface area contributed by atoms with E-state index < -0.39 is 17.4 Å². The Bertz CT molecular complexity index is 1610. The Morgan fingerprint density at radius 3 is 2.54 bits per heavy atom. The molecule has 0 radical (unpaired) electrons. The van der Waals surface area contributed by atoms with E-state index in [0.717, 1.165) is 0 Å². The van der Waals surface area contributed by atoms with Crippen molar-refractivity contribution >= 4 is 27.8 Å². The maximum Gasteiger partial charge on any atom is 0.329 e. The van der Waals surface area contributed by atoms with Crippen molar-refractivity contribution in [1.82, 2.24) is 34.4 Å². The Hall–Kier alpha value is -4.50. The highest BCUT2D eigenvalue weighted by Gasteiger charge is 2.28. The Morgan fingerprint density at radius 2 is 1.89 bits per heavy atom. The van der Waals surface area contributed by atoms with Gasteiger partial charge in [-0.2, -0.15) is 5.26 Å². The lowest BCUT2D eigenvalue weighted by Gasteiger charge is -2.34. The number of likely N-dealkylation sites (tertiary alicyclic amines) is 1. The molecule has 0 aliphatic carbocycles. The highest BCUT2D eigenvalue weighted by molar-refractivity contribution is 6.01. The molecule has 1 atom stereocenters. The minimum absolute atomic E-state index is 0.0300. The van der Waals surface area contributed by atoms with Crippen LogP contribution in [0.25, 0.3) is 33.2 Å². The van der Waals surface area contributed by atoms with E-state index in [2.05, 4.69) is 19.9 Å². The van der Waals surface area contributed by atoms with Crippen molar-refractivity contribution in [2.45, 2.75) is 31.9 Å². The number of aliphatic hydroxyl groups excluding tert-OH is 1. The Balaban J connectivity index is 1.66. The highest BCUT2D eigenvalue weighted by Crippen LogP contribution is 2.28. The number of hydrogen-bond acceptors (Lipinski definition) is 9. The van der Waals surface area contributed by atoms with Crippen LogP contribution < -0.4 is 11.2 Å². The lowest BCUT2D eigenvalue weighted by molar-refractivity contribution is -0.140. The molecule has 12 nitrogen and oxygen atoms in total. The van der Waals surface area contributed by atoms with Gasteiger partial charge in [-0.05, 0) is 31.9 Å². The van der Waals surface area contributed by atoms with E-state index in [1.165, 1.54) is 30.1 Å². The summed E-state index contributed by atoms with van der Waals surface area (Å²) in [6.45, 7) is 2.16. The van der Waals surface area contributed by atoms with Gasteiger partial charge in [0.05, 0.1) is 22.1 Å². The van der Waals surface area contributed by atoms with Gasteiger partial charge in [0.25, 0.3) is 11.5 Å². The van der Waals surface area contributed by atoms with Crippen LogP contribution in [0.3, 0.4) is 0 Å². The predicted molar refractivity (Wildman–Crippen MR) is 124 cm³/mol. The van der Waals surface area contributed by atoms with E-state index in [1.807, 2.05) is 6.07 Å². The van der Waals surface area contributed by atoms with E-state index >= 15 is 0 Å². The van der Waals surface area contributed by atoms with Crippen LogP contribution in [0.2, 0.25) is 0 Å². The molecule has 1 fully saturated rings. The Kier molecular flexibility index (Phi) is 5.54. The third-order valence-electron chi connectivity index (χ3n) is 6.16. The van der Waals surface area contributed by atoms with Gasteiger partial charge in [0, 0.05) is 43.3 Å². The second-order valence-electron chi connectivity index (χ2n) is 8.35. The molecule has 0 aromatic carbocycles. The van der Waals surface area contributed by atoms with Crippen molar-refractivity contribution in [3.63, 3.8) is 0 Å². The van der Waals surface area contributed by atoms with Crippen molar-refractivity contribution in [2.75, 3.05) is 13.1 Å². The van der Waals surface area contributed by atoms with Gasteiger partial charge in [0.15, 0.2) is 0 Å². The molecule has 1 saturated heterocycles. The largest absolute Gasteiger partial charge is 0.384 e. The Morgan fingerprint density at radius 1 is 1.17 bits per heavy atom. The smallest absolute Gasteiger partial charge is 0.329 e. The van der Waals surface area contributed by atoms with Crippen molar-refractivity contribution in [1.29, 1.82) is 5.26 Å². The summed E-state index contributed by atoms with van der Waals surface area (Å²) in [5.74, 6) is -0.324. The van der Waals surface area contributed by atoms with E-state index in [1.54, 1.807) is 17.0 Å². The zero-order valence-electron chi connectivity index (χ0n) is 18.7. The number of aliphatic hydroxyl groups is 1. The standard InChI is InChI=1S/C23H20N8O4/c1-12(32)22(34)30-6-4-14(5-7-30)31-20-15(21(33)29-23(31)35)11-25-17-3-2-16(28-19(17)20)13-9-26-18(8-24)27-10-13/h2-3,9-12,14,32H,4-7H2,1H3,(H,29,33,35)/t12-/m1/s1. The predicted octanol–water partition coefficient (Wildman–Crippen LogP) is 0.506. The quantitative estimate of drug-likeness (QED) is 0.403. The molecule has 1 amide bonds. The van der Waals surface area contributed by atoms with Crippen LogP contribution in [-0.4, -0.2) is 64.6 Å². The maximum atomic E-state index is 13.0. The van der Waals surface area contributed by atoms with Gasteiger partial charge in [-0.25, -0.2) is 19.7 Å². The molecule has 2 N–H and O–H groups in total. The highest BCUT2D eigenvalue weighted by atomic mass is 16.3. The van der Waals surface area contributed by atoms with Crippen LogP contribution in [0.15, 0.2) is 40.3 Å². The molecule has 12 heteroatoms. The fraction of sp³-hybridized carbons (Fsp3) is 0.304. The minimum atomic E-state index is -1.09. The van der Waals surface area contributed by atoms with Crippen molar-refractivity contribution < 1.29 is 9.90 Å². The minimum Gasteiger partial charge on any atom is -0.384 e. The monoisotopic (exact) mass is 472 g/mol. The van der Waals surface area contributed by atoms with Crippen LogP contribution in [0.1, 0.15) is 31.6 Å². The number of piperidine rings is 1. The first kappa shape index (κ1) is 22.3. The van der Waals surface area contributed by atoms with E-state index in [0.29, 0.717) is 53.7 Å². The lowest BCUT2D eigenvalue weighted by atomic mass is 10.0. The summed E-state index contributed by atoms with van der Waals surface area (Å²) >= 11 is 0. The normalized spacial score (nSPS) is 15.3. The molecule has 5 rings (SSSR count). The molecule has 1 aliphatic heterocycles. The summed E-state index contributed by atoms with van der Waals surface area (Å²) in [7, 11) is 0. The van der Waals surface area contributed by atoms with E-state index in [9.17, 15) is 19.5 Å². The Labute approximate surface area is 197 Å². The molecule has 1 aliphatic rings.